The molecule has 0 atom stereocenters. The first kappa shape index (κ1) is 16.0. The maximum atomic E-state index is 12.5. The lowest BCUT2D eigenvalue weighted by atomic mass is 9.84. The third-order valence-corrected chi connectivity index (χ3v) is 4.49. The minimum Gasteiger partial charge on any atom is -0.419 e. The molecule has 1 amide bonds. The van der Waals surface area contributed by atoms with Gasteiger partial charge < -0.3 is 9.32 Å². The number of carbonyl (C=O) groups excluding carboxylic acids is 1. The molecular formula is C17H20ClN3O2. The van der Waals surface area contributed by atoms with Gasteiger partial charge >= 0.3 is 0 Å². The summed E-state index contributed by atoms with van der Waals surface area (Å²) in [4.78, 5) is 14.3. The lowest BCUT2D eigenvalue weighted by Crippen LogP contribution is -2.39. The van der Waals surface area contributed by atoms with Crippen LogP contribution in [0.3, 0.4) is 0 Å². The normalized spacial score (nSPS) is 14.5. The number of halogens is 1. The number of nitrogens with zero attached hydrogens (tertiary/aromatic N) is 3. The molecule has 0 aliphatic heterocycles. The molecule has 2 aromatic rings. The number of amides is 1. The quantitative estimate of drug-likeness (QED) is 0.803. The molecule has 5 nitrogen and oxygen atoms in total. The number of carbonyl (C=O) groups is 1. The summed E-state index contributed by atoms with van der Waals surface area (Å²) >= 11 is 6.15. The maximum absolute atomic E-state index is 12.5. The molecule has 3 rings (SSSR count). The Kier molecular flexibility index (Phi) is 4.96. The summed E-state index contributed by atoms with van der Waals surface area (Å²) in [5, 5.41) is 8.70. The summed E-state index contributed by atoms with van der Waals surface area (Å²) in [5.41, 5.74) is 0.709. The molecule has 0 radical (unpaired) electrons. The van der Waals surface area contributed by atoms with Gasteiger partial charge in [0.1, 0.15) is 0 Å². The van der Waals surface area contributed by atoms with Gasteiger partial charge in [-0.25, -0.2) is 0 Å². The number of aromatic nitrogens is 2. The van der Waals surface area contributed by atoms with Crippen molar-refractivity contribution in [2.75, 3.05) is 6.54 Å². The van der Waals surface area contributed by atoms with Crippen molar-refractivity contribution in [1.29, 1.82) is 0 Å². The molecule has 122 valence electrons. The molecule has 23 heavy (non-hydrogen) atoms. The summed E-state index contributed by atoms with van der Waals surface area (Å²) < 4.78 is 5.71. The third kappa shape index (κ3) is 3.55. The number of hydrogen-bond donors (Lipinski definition) is 0. The zero-order valence-corrected chi connectivity index (χ0v) is 13.9. The molecule has 6 heteroatoms. The van der Waals surface area contributed by atoms with Crippen molar-refractivity contribution in [3.63, 3.8) is 0 Å². The topological polar surface area (TPSA) is 59.2 Å². The van der Waals surface area contributed by atoms with Gasteiger partial charge in [0.15, 0.2) is 0 Å². The van der Waals surface area contributed by atoms with E-state index in [1.54, 1.807) is 6.07 Å². The van der Waals surface area contributed by atoms with Gasteiger partial charge in [-0.3, -0.25) is 4.79 Å². The van der Waals surface area contributed by atoms with E-state index < -0.39 is 0 Å². The Labute approximate surface area is 140 Å². The van der Waals surface area contributed by atoms with E-state index in [9.17, 15) is 4.79 Å². The highest BCUT2D eigenvalue weighted by Gasteiger charge is 2.30. The van der Waals surface area contributed by atoms with Crippen LogP contribution in [0, 0.1) is 5.92 Å². The lowest BCUT2D eigenvalue weighted by molar-refractivity contribution is -0.139. The number of benzene rings is 1. The fourth-order valence-electron chi connectivity index (χ4n) is 2.67. The molecule has 0 unspecified atom stereocenters. The molecular weight excluding hydrogens is 314 g/mol. The van der Waals surface area contributed by atoms with Gasteiger partial charge in [0, 0.05) is 12.5 Å². The van der Waals surface area contributed by atoms with E-state index in [0.29, 0.717) is 35.5 Å². The third-order valence-electron chi connectivity index (χ3n) is 4.16. The molecule has 1 aromatic heterocycles. The van der Waals surface area contributed by atoms with E-state index in [2.05, 4.69) is 17.1 Å². The van der Waals surface area contributed by atoms with Crippen LogP contribution in [0.4, 0.5) is 0 Å². The summed E-state index contributed by atoms with van der Waals surface area (Å²) in [7, 11) is 0. The molecule has 1 fully saturated rings. The molecule has 1 saturated carbocycles. The van der Waals surface area contributed by atoms with Crippen LogP contribution >= 0.6 is 11.6 Å². The Morgan fingerprint density at radius 2 is 2.13 bits per heavy atom. The molecule has 1 aromatic carbocycles. The monoisotopic (exact) mass is 333 g/mol. The first-order valence-electron chi connectivity index (χ1n) is 8.05. The molecule has 1 aliphatic rings. The predicted octanol–water partition coefficient (Wildman–Crippen LogP) is 3.93. The van der Waals surface area contributed by atoms with Crippen LogP contribution in [-0.4, -0.2) is 27.5 Å². The molecule has 1 aliphatic carbocycles. The Morgan fingerprint density at radius 3 is 2.78 bits per heavy atom. The second-order valence-corrected chi connectivity index (χ2v) is 6.28. The summed E-state index contributed by atoms with van der Waals surface area (Å²) in [6, 6.07) is 7.34. The molecule has 1 heterocycles. The second kappa shape index (κ2) is 7.13. The molecule has 0 saturated heterocycles. The van der Waals surface area contributed by atoms with Gasteiger partial charge in [-0.15, -0.1) is 10.2 Å². The Hall–Kier alpha value is -1.88. The van der Waals surface area contributed by atoms with Gasteiger partial charge in [0.05, 0.1) is 17.1 Å². The molecule has 0 spiro atoms. The van der Waals surface area contributed by atoms with Crippen LogP contribution < -0.4 is 0 Å². The SMILES string of the molecule is CCCN(Cc1nnc(-c2ccccc2Cl)o1)C(=O)C1CCC1. The lowest BCUT2D eigenvalue weighted by Gasteiger charge is -2.30. The smallest absolute Gasteiger partial charge is 0.249 e. The highest BCUT2D eigenvalue weighted by Crippen LogP contribution is 2.29. The first-order valence-corrected chi connectivity index (χ1v) is 8.43. The van der Waals surface area contributed by atoms with Crippen molar-refractivity contribution in [2.24, 2.45) is 5.92 Å². The summed E-state index contributed by atoms with van der Waals surface area (Å²) in [5.74, 6) is 1.21. The van der Waals surface area contributed by atoms with Gasteiger partial charge in [-0.05, 0) is 31.4 Å². The van der Waals surface area contributed by atoms with E-state index in [4.69, 9.17) is 16.0 Å². The largest absolute Gasteiger partial charge is 0.419 e. The predicted molar refractivity (Wildman–Crippen MR) is 87.8 cm³/mol. The van der Waals surface area contributed by atoms with Crippen LogP contribution in [0.25, 0.3) is 11.5 Å². The molecule has 0 N–H and O–H groups in total. The van der Waals surface area contributed by atoms with Crippen LogP contribution in [0.15, 0.2) is 28.7 Å². The minimum absolute atomic E-state index is 0.174. The van der Waals surface area contributed by atoms with E-state index in [0.717, 1.165) is 25.7 Å². The first-order chi connectivity index (χ1) is 11.2. The average Bonchev–Trinajstić information content (AvgIpc) is 2.94. The minimum atomic E-state index is 0.174. The van der Waals surface area contributed by atoms with Crippen LogP contribution in [0.2, 0.25) is 5.02 Å². The van der Waals surface area contributed by atoms with Crippen molar-refractivity contribution in [3.05, 3.63) is 35.2 Å². The van der Waals surface area contributed by atoms with Gasteiger partial charge in [-0.2, -0.15) is 0 Å². The Morgan fingerprint density at radius 1 is 1.35 bits per heavy atom. The summed E-state index contributed by atoms with van der Waals surface area (Å²) in [6.45, 7) is 3.13. The van der Waals surface area contributed by atoms with Crippen LogP contribution in [0.1, 0.15) is 38.5 Å². The second-order valence-electron chi connectivity index (χ2n) is 5.87. The van der Waals surface area contributed by atoms with Gasteiger partial charge in [-0.1, -0.05) is 37.1 Å². The maximum Gasteiger partial charge on any atom is 0.249 e. The van der Waals surface area contributed by atoms with Crippen LogP contribution in [-0.2, 0) is 11.3 Å². The average molecular weight is 334 g/mol. The van der Waals surface area contributed by atoms with E-state index in [1.807, 2.05) is 23.1 Å². The van der Waals surface area contributed by atoms with Crippen molar-refractivity contribution >= 4 is 17.5 Å². The molecule has 0 bridgehead atoms. The van der Waals surface area contributed by atoms with Crippen molar-refractivity contribution in [3.8, 4) is 11.5 Å². The van der Waals surface area contributed by atoms with Crippen molar-refractivity contribution < 1.29 is 9.21 Å². The summed E-state index contributed by atoms with van der Waals surface area (Å²) in [6.07, 6.45) is 4.04. The fraction of sp³-hybridized carbons (Fsp3) is 0.471. The van der Waals surface area contributed by atoms with Crippen LogP contribution in [0.5, 0.6) is 0 Å². The van der Waals surface area contributed by atoms with Gasteiger partial charge in [0.2, 0.25) is 17.7 Å². The highest BCUT2D eigenvalue weighted by molar-refractivity contribution is 6.33. The highest BCUT2D eigenvalue weighted by atomic mass is 35.5. The zero-order valence-electron chi connectivity index (χ0n) is 13.2. The standard InChI is InChI=1S/C17H20ClN3O2/c1-2-10-21(17(22)12-6-5-7-12)11-15-19-20-16(23-15)13-8-3-4-9-14(13)18/h3-4,8-9,12H,2,5-7,10-11H2,1H3. The Bertz CT molecular complexity index is 682. The zero-order chi connectivity index (χ0) is 16.2. The van der Waals surface area contributed by atoms with Crippen molar-refractivity contribution in [1.82, 2.24) is 15.1 Å². The van der Waals surface area contributed by atoms with Gasteiger partial charge in [0.25, 0.3) is 0 Å². The van der Waals surface area contributed by atoms with E-state index in [-0.39, 0.29) is 11.8 Å². The fourth-order valence-corrected chi connectivity index (χ4v) is 2.89. The van der Waals surface area contributed by atoms with Crippen molar-refractivity contribution in [2.45, 2.75) is 39.2 Å². The number of rotatable bonds is 6. The number of hydrogen-bond acceptors (Lipinski definition) is 4. The van der Waals surface area contributed by atoms with E-state index in [1.165, 1.54) is 0 Å². The van der Waals surface area contributed by atoms with E-state index >= 15 is 0 Å². The Balaban J connectivity index is 1.74.